The minimum Gasteiger partial charge on any atom is -0.378 e. The molecule has 1 aliphatic rings. The van der Waals surface area contributed by atoms with Gasteiger partial charge in [0.05, 0.1) is 38.8 Å². The minimum absolute atomic E-state index is 0.114. The van der Waals surface area contributed by atoms with Crippen LogP contribution in [0, 0.1) is 0 Å². The molecule has 7 heteroatoms. The highest BCUT2D eigenvalue weighted by Gasteiger charge is 2.18. The molecule has 0 aliphatic carbocycles. The molecule has 0 saturated carbocycles. The van der Waals surface area contributed by atoms with Crippen LogP contribution in [0.4, 0.5) is 0 Å². The first kappa shape index (κ1) is 11.9. The van der Waals surface area contributed by atoms with Crippen molar-refractivity contribution in [3.8, 4) is 0 Å². The molecule has 0 aromatic heterocycles. The van der Waals surface area contributed by atoms with Crippen molar-refractivity contribution in [2.24, 2.45) is 5.14 Å². The third-order valence-corrected chi connectivity index (χ3v) is 2.44. The van der Waals surface area contributed by atoms with Gasteiger partial charge in [0.25, 0.3) is 0 Å². The third kappa shape index (κ3) is 5.51. The summed E-state index contributed by atoms with van der Waals surface area (Å²) >= 11 is 0. The summed E-state index contributed by atoms with van der Waals surface area (Å²) in [5, 5.41) is 4.77. The lowest BCUT2D eigenvalue weighted by atomic mass is 10.3. The van der Waals surface area contributed by atoms with Crippen molar-refractivity contribution in [3.63, 3.8) is 0 Å². The largest absolute Gasteiger partial charge is 0.378 e. The molecule has 1 aliphatic heterocycles. The average Bonchev–Trinajstić information content (AvgIpc) is 1.97. The molecule has 14 heavy (non-hydrogen) atoms. The van der Waals surface area contributed by atoms with Gasteiger partial charge in [-0.15, -0.1) is 0 Å². The maximum Gasteiger partial charge on any atom is 0.211 e. The monoisotopic (exact) mass is 225 g/mol. The van der Waals surface area contributed by atoms with Crippen LogP contribution in [-0.4, -0.2) is 53.3 Å². The van der Waals surface area contributed by atoms with Crippen LogP contribution in [0.3, 0.4) is 0 Å². The molecule has 0 aromatic rings. The molecule has 84 valence electrons. The second-order valence-electron chi connectivity index (χ2n) is 3.01. The molecule has 0 aromatic carbocycles. The fourth-order valence-electron chi connectivity index (χ4n) is 0.861. The number of rotatable bonds is 7. The molecule has 0 spiro atoms. The van der Waals surface area contributed by atoms with Gasteiger partial charge in [0.1, 0.15) is 6.10 Å². The SMILES string of the molecule is NS(=O)(=O)CCOCCOC1COC1. The van der Waals surface area contributed by atoms with Crippen molar-refractivity contribution in [1.29, 1.82) is 0 Å². The molecule has 1 heterocycles. The van der Waals surface area contributed by atoms with Crippen LogP contribution < -0.4 is 5.14 Å². The summed E-state index contributed by atoms with van der Waals surface area (Å²) < 4.78 is 36.1. The molecule has 0 radical (unpaired) electrons. The summed E-state index contributed by atoms with van der Waals surface area (Å²) in [6, 6.07) is 0. The van der Waals surface area contributed by atoms with Crippen LogP contribution in [0.25, 0.3) is 0 Å². The highest BCUT2D eigenvalue weighted by Crippen LogP contribution is 2.04. The zero-order chi connectivity index (χ0) is 10.4. The molecule has 6 nitrogen and oxygen atoms in total. The Morgan fingerprint density at radius 1 is 1.29 bits per heavy atom. The Morgan fingerprint density at radius 3 is 2.50 bits per heavy atom. The highest BCUT2D eigenvalue weighted by atomic mass is 32.2. The summed E-state index contributed by atoms with van der Waals surface area (Å²) in [4.78, 5) is 0. The van der Waals surface area contributed by atoms with Crippen LogP contribution >= 0.6 is 0 Å². The van der Waals surface area contributed by atoms with E-state index < -0.39 is 10.0 Å². The maximum absolute atomic E-state index is 10.5. The summed E-state index contributed by atoms with van der Waals surface area (Å²) in [6.45, 7) is 2.22. The van der Waals surface area contributed by atoms with Gasteiger partial charge in [-0.1, -0.05) is 0 Å². The zero-order valence-electron chi connectivity index (χ0n) is 7.85. The third-order valence-electron chi connectivity index (χ3n) is 1.70. The van der Waals surface area contributed by atoms with E-state index in [-0.39, 0.29) is 18.5 Å². The molecule has 2 N–H and O–H groups in total. The molecule has 0 unspecified atom stereocenters. The Labute approximate surface area is 83.4 Å². The van der Waals surface area contributed by atoms with Crippen molar-refractivity contribution in [3.05, 3.63) is 0 Å². The Morgan fingerprint density at radius 2 is 2.00 bits per heavy atom. The molecular weight excluding hydrogens is 210 g/mol. The van der Waals surface area contributed by atoms with Crippen molar-refractivity contribution in [2.45, 2.75) is 6.10 Å². The van der Waals surface area contributed by atoms with E-state index in [9.17, 15) is 8.42 Å². The number of primary sulfonamides is 1. The van der Waals surface area contributed by atoms with Gasteiger partial charge in [0, 0.05) is 0 Å². The Bertz CT molecular complexity index is 249. The lowest BCUT2D eigenvalue weighted by Crippen LogP contribution is -2.36. The molecule has 1 fully saturated rings. The Kier molecular flexibility index (Phi) is 4.76. The van der Waals surface area contributed by atoms with Crippen LogP contribution in [0.15, 0.2) is 0 Å². The zero-order valence-corrected chi connectivity index (χ0v) is 8.66. The molecule has 0 atom stereocenters. The normalized spacial score (nSPS) is 18.1. The summed E-state index contributed by atoms with van der Waals surface area (Å²) in [5.74, 6) is -0.153. The Balaban J connectivity index is 1.84. The van der Waals surface area contributed by atoms with Crippen LogP contribution in [-0.2, 0) is 24.2 Å². The second kappa shape index (κ2) is 5.62. The summed E-state index contributed by atoms with van der Waals surface area (Å²) in [7, 11) is -3.41. The van der Waals surface area contributed by atoms with E-state index in [2.05, 4.69) is 0 Å². The first-order chi connectivity index (χ1) is 6.58. The Hall–Kier alpha value is -0.210. The molecule has 1 rings (SSSR count). The number of sulfonamides is 1. The van der Waals surface area contributed by atoms with Gasteiger partial charge in [0.2, 0.25) is 10.0 Å². The van der Waals surface area contributed by atoms with E-state index in [0.29, 0.717) is 26.4 Å². The molecule has 1 saturated heterocycles. The van der Waals surface area contributed by atoms with Gasteiger partial charge in [-0.2, -0.15) is 0 Å². The van der Waals surface area contributed by atoms with Gasteiger partial charge in [-0.05, 0) is 0 Å². The van der Waals surface area contributed by atoms with E-state index in [1.165, 1.54) is 0 Å². The fourth-order valence-corrected chi connectivity index (χ4v) is 1.21. The van der Waals surface area contributed by atoms with Crippen molar-refractivity contribution in [2.75, 3.05) is 38.8 Å². The van der Waals surface area contributed by atoms with Crippen LogP contribution in [0.1, 0.15) is 0 Å². The first-order valence-corrected chi connectivity index (χ1v) is 6.07. The van der Waals surface area contributed by atoms with E-state index >= 15 is 0 Å². The van der Waals surface area contributed by atoms with E-state index in [1.807, 2.05) is 0 Å². The van der Waals surface area contributed by atoms with E-state index in [4.69, 9.17) is 19.3 Å². The van der Waals surface area contributed by atoms with Gasteiger partial charge in [-0.3, -0.25) is 0 Å². The van der Waals surface area contributed by atoms with Gasteiger partial charge in [0.15, 0.2) is 0 Å². The number of nitrogens with two attached hydrogens (primary N) is 1. The number of hydrogen-bond donors (Lipinski definition) is 1. The van der Waals surface area contributed by atoms with Crippen molar-refractivity contribution < 1.29 is 22.6 Å². The maximum atomic E-state index is 10.5. The van der Waals surface area contributed by atoms with Gasteiger partial charge >= 0.3 is 0 Å². The van der Waals surface area contributed by atoms with Gasteiger partial charge in [-0.25, -0.2) is 13.6 Å². The lowest BCUT2D eigenvalue weighted by molar-refractivity contribution is -0.136. The van der Waals surface area contributed by atoms with E-state index in [1.54, 1.807) is 0 Å². The lowest BCUT2D eigenvalue weighted by Gasteiger charge is -2.25. The van der Waals surface area contributed by atoms with E-state index in [0.717, 1.165) is 0 Å². The van der Waals surface area contributed by atoms with Crippen molar-refractivity contribution >= 4 is 10.0 Å². The van der Waals surface area contributed by atoms with Crippen LogP contribution in [0.2, 0.25) is 0 Å². The summed E-state index contributed by atoms with van der Waals surface area (Å²) in [5.41, 5.74) is 0. The van der Waals surface area contributed by atoms with Gasteiger partial charge < -0.3 is 14.2 Å². The van der Waals surface area contributed by atoms with Crippen molar-refractivity contribution in [1.82, 2.24) is 0 Å². The predicted molar refractivity (Wildman–Crippen MR) is 49.4 cm³/mol. The number of ether oxygens (including phenoxy) is 3. The number of hydrogen-bond acceptors (Lipinski definition) is 5. The topological polar surface area (TPSA) is 87.9 Å². The second-order valence-corrected chi connectivity index (χ2v) is 4.74. The van der Waals surface area contributed by atoms with Crippen LogP contribution in [0.5, 0.6) is 0 Å². The standard InChI is InChI=1S/C7H15NO5S/c8-14(9,10)4-3-11-1-2-13-7-5-12-6-7/h7H,1-6H2,(H2,8,9,10). The molecular formula is C7H15NO5S. The summed E-state index contributed by atoms with van der Waals surface area (Å²) in [6.07, 6.45) is 0.178. The molecule has 0 bridgehead atoms. The minimum atomic E-state index is -3.41. The fraction of sp³-hybridized carbons (Fsp3) is 1.00. The quantitative estimate of drug-likeness (QED) is 0.544. The smallest absolute Gasteiger partial charge is 0.211 e. The highest BCUT2D eigenvalue weighted by molar-refractivity contribution is 7.89. The first-order valence-electron chi connectivity index (χ1n) is 4.35. The molecule has 0 amide bonds. The average molecular weight is 225 g/mol. The predicted octanol–water partition coefficient (Wildman–Crippen LogP) is -1.29.